The van der Waals surface area contributed by atoms with E-state index in [2.05, 4.69) is 10.1 Å². The van der Waals surface area contributed by atoms with Crippen LogP contribution in [0, 0.1) is 0 Å². The van der Waals surface area contributed by atoms with Crippen molar-refractivity contribution >= 4 is 11.8 Å². The molecule has 106 valence electrons. The van der Waals surface area contributed by atoms with Gasteiger partial charge in [0.1, 0.15) is 6.04 Å². The zero-order valence-electron chi connectivity index (χ0n) is 11.4. The number of nitrogens with zero attached hydrogens (tertiary/aromatic N) is 2. The molecule has 1 aliphatic carbocycles. The van der Waals surface area contributed by atoms with Crippen LogP contribution in [-0.2, 0) is 5.75 Å². The molecule has 0 saturated heterocycles. The van der Waals surface area contributed by atoms with E-state index in [1.165, 1.54) is 25.7 Å². The van der Waals surface area contributed by atoms with Gasteiger partial charge in [0, 0.05) is 5.25 Å². The first-order valence-corrected chi connectivity index (χ1v) is 8.12. The molecule has 3 rings (SSSR count). The van der Waals surface area contributed by atoms with Gasteiger partial charge in [0.2, 0.25) is 5.89 Å². The van der Waals surface area contributed by atoms with Gasteiger partial charge in [0.05, 0.1) is 5.75 Å². The molecule has 0 amide bonds. The third-order valence-corrected chi connectivity index (χ3v) is 5.03. The molecule has 1 heterocycles. The van der Waals surface area contributed by atoms with Crippen LogP contribution < -0.4 is 5.73 Å². The zero-order valence-corrected chi connectivity index (χ0v) is 12.2. The van der Waals surface area contributed by atoms with Crippen LogP contribution >= 0.6 is 11.8 Å². The van der Waals surface area contributed by atoms with Crippen LogP contribution in [0.3, 0.4) is 0 Å². The lowest BCUT2D eigenvalue weighted by atomic mass is 10.1. The van der Waals surface area contributed by atoms with Crippen molar-refractivity contribution in [3.8, 4) is 0 Å². The van der Waals surface area contributed by atoms with Crippen LogP contribution in [0.15, 0.2) is 34.9 Å². The van der Waals surface area contributed by atoms with Gasteiger partial charge in [-0.15, -0.1) is 0 Å². The summed E-state index contributed by atoms with van der Waals surface area (Å²) in [5.41, 5.74) is 7.14. The monoisotopic (exact) mass is 289 g/mol. The Bertz CT molecular complexity index is 537. The van der Waals surface area contributed by atoms with Crippen LogP contribution in [0.4, 0.5) is 0 Å². The molecule has 1 unspecified atom stereocenters. The Balaban J connectivity index is 1.61. The largest absolute Gasteiger partial charge is 0.337 e. The van der Waals surface area contributed by atoms with Crippen molar-refractivity contribution in [2.24, 2.45) is 5.73 Å². The lowest BCUT2D eigenvalue weighted by molar-refractivity contribution is 0.363. The summed E-state index contributed by atoms with van der Waals surface area (Å²) in [6, 6.07) is 9.50. The smallest absolute Gasteiger partial charge is 0.248 e. The van der Waals surface area contributed by atoms with Crippen molar-refractivity contribution in [3.05, 3.63) is 47.6 Å². The standard InChI is InChI=1S/C15H19N3OS/c16-14(11-6-2-1-3-7-11)15-17-13(18-19-15)10-20-12-8-4-5-9-12/h1-3,6-7,12,14H,4-5,8-10,16H2. The van der Waals surface area contributed by atoms with Crippen molar-refractivity contribution in [2.45, 2.75) is 42.7 Å². The Morgan fingerprint density at radius 1 is 1.25 bits per heavy atom. The maximum absolute atomic E-state index is 6.14. The van der Waals surface area contributed by atoms with Crippen LogP contribution in [0.1, 0.15) is 49.0 Å². The maximum Gasteiger partial charge on any atom is 0.248 e. The molecule has 0 aliphatic heterocycles. The molecule has 5 heteroatoms. The second kappa shape index (κ2) is 6.41. The highest BCUT2D eigenvalue weighted by molar-refractivity contribution is 7.99. The average molecular weight is 289 g/mol. The van der Waals surface area contributed by atoms with Crippen LogP contribution in [0.25, 0.3) is 0 Å². The Labute approximate surface area is 123 Å². The number of hydrogen-bond acceptors (Lipinski definition) is 5. The lowest BCUT2D eigenvalue weighted by Gasteiger charge is -2.06. The molecule has 20 heavy (non-hydrogen) atoms. The van der Waals surface area contributed by atoms with Gasteiger partial charge >= 0.3 is 0 Å². The van der Waals surface area contributed by atoms with Gasteiger partial charge < -0.3 is 10.3 Å². The molecule has 4 nitrogen and oxygen atoms in total. The Hall–Kier alpha value is -1.33. The van der Waals surface area contributed by atoms with E-state index in [0.29, 0.717) is 5.89 Å². The molecule has 0 radical (unpaired) electrons. The van der Waals surface area contributed by atoms with Gasteiger partial charge in [-0.25, -0.2) is 0 Å². The molecule has 0 bridgehead atoms. The van der Waals surface area contributed by atoms with Crippen LogP contribution in [0.5, 0.6) is 0 Å². The molecular formula is C15H19N3OS. The fourth-order valence-corrected chi connectivity index (χ4v) is 3.67. The maximum atomic E-state index is 6.14. The highest BCUT2D eigenvalue weighted by Crippen LogP contribution is 2.31. The molecule has 1 saturated carbocycles. The minimum absolute atomic E-state index is 0.339. The van der Waals surface area contributed by atoms with Gasteiger partial charge in [-0.1, -0.05) is 48.3 Å². The molecule has 1 fully saturated rings. The fraction of sp³-hybridized carbons (Fsp3) is 0.467. The third-order valence-electron chi connectivity index (χ3n) is 3.66. The highest BCUT2D eigenvalue weighted by Gasteiger charge is 2.19. The Morgan fingerprint density at radius 2 is 2.00 bits per heavy atom. The quantitative estimate of drug-likeness (QED) is 0.915. The second-order valence-electron chi connectivity index (χ2n) is 5.15. The topological polar surface area (TPSA) is 64.9 Å². The van der Waals surface area contributed by atoms with Crippen molar-refractivity contribution in [1.82, 2.24) is 10.1 Å². The number of aromatic nitrogens is 2. The summed E-state index contributed by atoms with van der Waals surface area (Å²) in [4.78, 5) is 4.42. The van der Waals surface area contributed by atoms with Crippen LogP contribution in [-0.4, -0.2) is 15.4 Å². The average Bonchev–Trinajstić information content (AvgIpc) is 3.17. The van der Waals surface area contributed by atoms with E-state index in [1.807, 2.05) is 42.1 Å². The van der Waals surface area contributed by atoms with Gasteiger partial charge in [0.15, 0.2) is 5.82 Å². The van der Waals surface area contributed by atoms with E-state index >= 15 is 0 Å². The first-order valence-electron chi connectivity index (χ1n) is 7.07. The normalized spacial score (nSPS) is 17.4. The molecule has 1 aromatic carbocycles. The number of nitrogens with two attached hydrogens (primary N) is 1. The van der Waals surface area contributed by atoms with Crippen molar-refractivity contribution in [3.63, 3.8) is 0 Å². The van der Waals surface area contributed by atoms with Gasteiger partial charge in [-0.3, -0.25) is 0 Å². The molecular weight excluding hydrogens is 270 g/mol. The number of thioether (sulfide) groups is 1. The Morgan fingerprint density at radius 3 is 2.75 bits per heavy atom. The minimum Gasteiger partial charge on any atom is -0.337 e. The SMILES string of the molecule is NC(c1ccccc1)c1nc(CSC2CCCC2)no1. The van der Waals surface area contributed by atoms with E-state index < -0.39 is 0 Å². The molecule has 2 aromatic rings. The summed E-state index contributed by atoms with van der Waals surface area (Å²) in [6.45, 7) is 0. The van der Waals surface area contributed by atoms with Crippen molar-refractivity contribution < 1.29 is 4.52 Å². The summed E-state index contributed by atoms with van der Waals surface area (Å²) in [5.74, 6) is 2.07. The lowest BCUT2D eigenvalue weighted by Crippen LogP contribution is -2.12. The summed E-state index contributed by atoms with van der Waals surface area (Å²) in [7, 11) is 0. The minimum atomic E-state index is -0.339. The van der Waals surface area contributed by atoms with E-state index in [-0.39, 0.29) is 6.04 Å². The first-order chi connectivity index (χ1) is 9.83. The first kappa shape index (κ1) is 13.6. The fourth-order valence-electron chi connectivity index (χ4n) is 2.50. The summed E-state index contributed by atoms with van der Waals surface area (Å²) >= 11 is 1.93. The van der Waals surface area contributed by atoms with Gasteiger partial charge in [0.25, 0.3) is 0 Å². The second-order valence-corrected chi connectivity index (χ2v) is 6.44. The third kappa shape index (κ3) is 3.22. The number of benzene rings is 1. The molecule has 0 spiro atoms. The summed E-state index contributed by atoms with van der Waals surface area (Å²) < 4.78 is 5.30. The predicted molar refractivity (Wildman–Crippen MR) is 80.3 cm³/mol. The Kier molecular flexibility index (Phi) is 4.38. The molecule has 1 aromatic heterocycles. The predicted octanol–water partition coefficient (Wildman–Crippen LogP) is 3.29. The molecule has 1 aliphatic rings. The summed E-state index contributed by atoms with van der Waals surface area (Å²) in [6.07, 6.45) is 5.35. The molecule has 1 atom stereocenters. The van der Waals surface area contributed by atoms with Crippen molar-refractivity contribution in [2.75, 3.05) is 0 Å². The van der Waals surface area contributed by atoms with E-state index in [9.17, 15) is 0 Å². The number of rotatable bonds is 5. The summed E-state index contributed by atoms with van der Waals surface area (Å²) in [5, 5.41) is 4.80. The highest BCUT2D eigenvalue weighted by atomic mass is 32.2. The van der Waals surface area contributed by atoms with E-state index in [1.54, 1.807) is 0 Å². The van der Waals surface area contributed by atoms with Crippen molar-refractivity contribution in [1.29, 1.82) is 0 Å². The van der Waals surface area contributed by atoms with Gasteiger partial charge in [-0.05, 0) is 18.4 Å². The van der Waals surface area contributed by atoms with E-state index in [0.717, 1.165) is 22.4 Å². The van der Waals surface area contributed by atoms with Crippen LogP contribution in [0.2, 0.25) is 0 Å². The molecule has 2 N–H and O–H groups in total. The van der Waals surface area contributed by atoms with Gasteiger partial charge in [-0.2, -0.15) is 16.7 Å². The number of hydrogen-bond donors (Lipinski definition) is 1. The zero-order chi connectivity index (χ0) is 13.8. The van der Waals surface area contributed by atoms with E-state index in [4.69, 9.17) is 10.3 Å².